The second kappa shape index (κ2) is 8.90. The Hall–Kier alpha value is -3.93. The first-order valence-corrected chi connectivity index (χ1v) is 11.3. The molecule has 5 rings (SSSR count). The van der Waals surface area contributed by atoms with Gasteiger partial charge >= 0.3 is 0 Å². The summed E-state index contributed by atoms with van der Waals surface area (Å²) in [6.07, 6.45) is 7.65. The molecule has 6 nitrogen and oxygen atoms in total. The van der Waals surface area contributed by atoms with Gasteiger partial charge in [-0.1, -0.05) is 49.4 Å². The highest BCUT2D eigenvalue weighted by Gasteiger charge is 2.28. The van der Waals surface area contributed by atoms with Crippen LogP contribution >= 0.6 is 0 Å². The summed E-state index contributed by atoms with van der Waals surface area (Å²) in [5, 5.41) is 5.81. The summed E-state index contributed by atoms with van der Waals surface area (Å²) < 4.78 is 7.98. The van der Waals surface area contributed by atoms with Gasteiger partial charge in [0.1, 0.15) is 29.3 Å². The van der Waals surface area contributed by atoms with Crippen LogP contribution in [0, 0.1) is 5.92 Å². The third-order valence-corrected chi connectivity index (χ3v) is 6.40. The molecule has 2 aromatic carbocycles. The molecule has 1 fully saturated rings. The molecule has 4 aromatic rings. The Morgan fingerprint density at radius 2 is 1.79 bits per heavy atom. The Morgan fingerprint density at radius 1 is 1.03 bits per heavy atom. The van der Waals surface area contributed by atoms with E-state index in [4.69, 9.17) is 15.6 Å². The number of nitrogens with two attached hydrogens (primary N) is 1. The topological polar surface area (TPSA) is 78.9 Å². The quantitative estimate of drug-likeness (QED) is 0.356. The van der Waals surface area contributed by atoms with Crippen molar-refractivity contribution in [3.8, 4) is 22.8 Å². The van der Waals surface area contributed by atoms with Crippen molar-refractivity contribution in [1.82, 2.24) is 19.7 Å². The zero-order valence-electron chi connectivity index (χ0n) is 18.5. The first kappa shape index (κ1) is 20.9. The SMILES string of the molecule is C=CC(=C)C1CCCC(n2nc(-c3ccc(Oc4ccccc4)cc3)c3c(N)ncnc32)C1. The molecule has 166 valence electrons. The molecule has 0 spiro atoms. The van der Waals surface area contributed by atoms with Crippen LogP contribution in [-0.2, 0) is 0 Å². The van der Waals surface area contributed by atoms with E-state index in [1.54, 1.807) is 0 Å². The molecular weight excluding hydrogens is 410 g/mol. The summed E-state index contributed by atoms with van der Waals surface area (Å²) in [6.45, 7) is 8.09. The summed E-state index contributed by atoms with van der Waals surface area (Å²) in [5.74, 6) is 2.41. The molecular formula is C27H27N5O. The molecule has 2 atom stereocenters. The number of fused-ring (bicyclic) bond motifs is 1. The van der Waals surface area contributed by atoms with Gasteiger partial charge < -0.3 is 10.5 Å². The van der Waals surface area contributed by atoms with E-state index in [2.05, 4.69) is 23.1 Å². The third kappa shape index (κ3) is 4.12. The van der Waals surface area contributed by atoms with Crippen LogP contribution in [0.25, 0.3) is 22.3 Å². The maximum atomic E-state index is 6.31. The second-order valence-corrected chi connectivity index (χ2v) is 8.49. The highest BCUT2D eigenvalue weighted by atomic mass is 16.5. The van der Waals surface area contributed by atoms with Gasteiger partial charge in [-0.05, 0) is 61.6 Å². The fourth-order valence-electron chi connectivity index (χ4n) is 4.65. The van der Waals surface area contributed by atoms with Crippen molar-refractivity contribution in [2.45, 2.75) is 31.7 Å². The fourth-order valence-corrected chi connectivity index (χ4v) is 4.65. The van der Waals surface area contributed by atoms with Crippen molar-refractivity contribution < 1.29 is 4.74 Å². The maximum absolute atomic E-state index is 6.31. The number of hydrogen-bond donors (Lipinski definition) is 1. The molecule has 6 heteroatoms. The Balaban J connectivity index is 1.50. The Morgan fingerprint density at radius 3 is 2.55 bits per heavy atom. The molecule has 2 N–H and O–H groups in total. The molecule has 2 aromatic heterocycles. The number of para-hydroxylation sites is 1. The van der Waals surface area contributed by atoms with Crippen LogP contribution in [-0.4, -0.2) is 19.7 Å². The molecule has 0 bridgehead atoms. The molecule has 1 aliphatic rings. The predicted molar refractivity (Wildman–Crippen MR) is 132 cm³/mol. The van der Waals surface area contributed by atoms with E-state index < -0.39 is 0 Å². The van der Waals surface area contributed by atoms with E-state index in [1.165, 1.54) is 6.33 Å². The molecule has 0 aliphatic heterocycles. The van der Waals surface area contributed by atoms with Crippen molar-refractivity contribution >= 4 is 16.9 Å². The standard InChI is InChI=1S/C27H27N5O/c1-3-18(2)20-8-7-9-21(16-20)32-27-24(26(28)29-17-30-27)25(31-32)19-12-14-23(15-13-19)33-22-10-5-4-6-11-22/h3-6,10-15,17,20-21H,1-2,7-9,16H2,(H2,28,29,30). The first-order chi connectivity index (χ1) is 16.1. The van der Waals surface area contributed by atoms with Gasteiger partial charge in [-0.25, -0.2) is 14.6 Å². The summed E-state index contributed by atoms with van der Waals surface area (Å²) in [5.41, 5.74) is 9.92. The zero-order chi connectivity index (χ0) is 22.8. The zero-order valence-corrected chi connectivity index (χ0v) is 18.5. The van der Waals surface area contributed by atoms with Crippen molar-refractivity contribution in [3.63, 3.8) is 0 Å². The van der Waals surface area contributed by atoms with Crippen molar-refractivity contribution in [1.29, 1.82) is 0 Å². The summed E-state index contributed by atoms with van der Waals surface area (Å²) in [7, 11) is 0. The molecule has 1 aliphatic carbocycles. The molecule has 33 heavy (non-hydrogen) atoms. The molecule has 2 heterocycles. The lowest BCUT2D eigenvalue weighted by Gasteiger charge is -2.30. The summed E-state index contributed by atoms with van der Waals surface area (Å²) in [4.78, 5) is 8.81. The average molecular weight is 438 g/mol. The number of anilines is 1. The number of allylic oxidation sites excluding steroid dienone is 2. The molecule has 0 radical (unpaired) electrons. The highest BCUT2D eigenvalue weighted by Crippen LogP contribution is 2.40. The smallest absolute Gasteiger partial charge is 0.164 e. The normalized spacial score (nSPS) is 18.2. The van der Waals surface area contributed by atoms with E-state index in [9.17, 15) is 0 Å². The lowest BCUT2D eigenvalue weighted by atomic mass is 9.81. The van der Waals surface area contributed by atoms with Crippen LogP contribution < -0.4 is 10.5 Å². The lowest BCUT2D eigenvalue weighted by Crippen LogP contribution is -2.21. The summed E-state index contributed by atoms with van der Waals surface area (Å²) >= 11 is 0. The van der Waals surface area contributed by atoms with Crippen LogP contribution in [0.2, 0.25) is 0 Å². The number of hydrogen-bond acceptors (Lipinski definition) is 5. The number of aromatic nitrogens is 4. The van der Waals surface area contributed by atoms with Gasteiger partial charge in [-0.3, -0.25) is 0 Å². The van der Waals surface area contributed by atoms with Gasteiger partial charge in [0.25, 0.3) is 0 Å². The number of rotatable bonds is 6. The number of ether oxygens (including phenoxy) is 1. The highest BCUT2D eigenvalue weighted by molar-refractivity contribution is 5.98. The molecule has 2 unspecified atom stereocenters. The van der Waals surface area contributed by atoms with Crippen LogP contribution in [0.5, 0.6) is 11.5 Å². The Bertz CT molecular complexity index is 1290. The maximum Gasteiger partial charge on any atom is 0.164 e. The monoisotopic (exact) mass is 437 g/mol. The van der Waals surface area contributed by atoms with Crippen LogP contribution in [0.15, 0.2) is 85.7 Å². The van der Waals surface area contributed by atoms with Crippen LogP contribution in [0.1, 0.15) is 31.7 Å². The molecule has 0 amide bonds. The minimum absolute atomic E-state index is 0.228. The third-order valence-electron chi connectivity index (χ3n) is 6.40. The van der Waals surface area contributed by atoms with E-state index >= 15 is 0 Å². The molecule has 1 saturated carbocycles. The van der Waals surface area contributed by atoms with Crippen molar-refractivity contribution in [2.24, 2.45) is 5.92 Å². The van der Waals surface area contributed by atoms with E-state index in [0.717, 1.165) is 65.0 Å². The Kier molecular flexibility index (Phi) is 5.65. The van der Waals surface area contributed by atoms with E-state index in [1.807, 2.05) is 65.4 Å². The molecule has 0 saturated heterocycles. The van der Waals surface area contributed by atoms with Gasteiger partial charge in [0.2, 0.25) is 0 Å². The van der Waals surface area contributed by atoms with Crippen LogP contribution in [0.4, 0.5) is 5.82 Å². The van der Waals surface area contributed by atoms with Crippen LogP contribution in [0.3, 0.4) is 0 Å². The number of nitrogen functional groups attached to an aromatic ring is 1. The second-order valence-electron chi connectivity index (χ2n) is 8.49. The lowest BCUT2D eigenvalue weighted by molar-refractivity contribution is 0.285. The number of benzene rings is 2. The van der Waals surface area contributed by atoms with Gasteiger partial charge in [-0.15, -0.1) is 0 Å². The fraction of sp³-hybridized carbons (Fsp3) is 0.222. The van der Waals surface area contributed by atoms with E-state index in [-0.39, 0.29) is 6.04 Å². The van der Waals surface area contributed by atoms with Crippen molar-refractivity contribution in [2.75, 3.05) is 5.73 Å². The van der Waals surface area contributed by atoms with Gasteiger partial charge in [-0.2, -0.15) is 5.10 Å². The number of nitrogens with zero attached hydrogens (tertiary/aromatic N) is 4. The summed E-state index contributed by atoms with van der Waals surface area (Å²) in [6, 6.07) is 17.8. The van der Waals surface area contributed by atoms with E-state index in [0.29, 0.717) is 11.7 Å². The predicted octanol–water partition coefficient (Wildman–Crippen LogP) is 6.34. The minimum atomic E-state index is 0.228. The minimum Gasteiger partial charge on any atom is -0.457 e. The van der Waals surface area contributed by atoms with Crippen molar-refractivity contribution in [3.05, 3.63) is 85.7 Å². The average Bonchev–Trinajstić information content (AvgIpc) is 3.26. The van der Waals surface area contributed by atoms with Gasteiger partial charge in [0, 0.05) is 5.56 Å². The van der Waals surface area contributed by atoms with Gasteiger partial charge in [0.15, 0.2) is 5.65 Å². The van der Waals surface area contributed by atoms with Gasteiger partial charge in [0.05, 0.1) is 11.4 Å². The first-order valence-electron chi connectivity index (χ1n) is 11.3. The Labute approximate surface area is 193 Å². The largest absolute Gasteiger partial charge is 0.457 e.